The summed E-state index contributed by atoms with van der Waals surface area (Å²) >= 11 is 0. The van der Waals surface area contributed by atoms with Gasteiger partial charge in [-0.15, -0.1) is 0 Å². The highest BCUT2D eigenvalue weighted by atomic mass is 16.5. The second-order valence-corrected chi connectivity index (χ2v) is 6.80. The van der Waals surface area contributed by atoms with Crippen molar-refractivity contribution in [2.45, 2.75) is 32.8 Å². The third-order valence-electron chi connectivity index (χ3n) is 4.75. The van der Waals surface area contributed by atoms with Gasteiger partial charge in [0.25, 0.3) is 5.91 Å². The monoisotopic (exact) mass is 338 g/mol. The minimum atomic E-state index is -0.0744. The van der Waals surface area contributed by atoms with Gasteiger partial charge in [0, 0.05) is 37.1 Å². The molecule has 1 heterocycles. The Bertz CT molecular complexity index is 712. The Labute approximate surface area is 149 Å². The van der Waals surface area contributed by atoms with Gasteiger partial charge in [-0.2, -0.15) is 0 Å². The highest BCUT2D eigenvalue weighted by molar-refractivity contribution is 6.04. The third-order valence-corrected chi connectivity index (χ3v) is 4.75. The first-order valence-corrected chi connectivity index (χ1v) is 8.82. The number of aryl methyl sites for hydroxylation is 2. The maximum atomic E-state index is 12.5. The molecule has 1 aliphatic heterocycles. The van der Waals surface area contributed by atoms with Crippen molar-refractivity contribution in [3.05, 3.63) is 59.2 Å². The molecule has 0 radical (unpaired) electrons. The standard InChI is InChI=1S/C21H26N2O2/c1-15-12-16(2)14-18(13-15)22-21(24)17-4-6-19(7-5-17)23-10-8-20(25-3)9-11-23/h4-7,12-14,20H,8-11H2,1-3H3,(H,22,24). The van der Waals surface area contributed by atoms with E-state index in [1.54, 1.807) is 7.11 Å². The van der Waals surface area contributed by atoms with Crippen LogP contribution in [0.2, 0.25) is 0 Å². The van der Waals surface area contributed by atoms with Gasteiger partial charge in [0.2, 0.25) is 0 Å². The van der Waals surface area contributed by atoms with Crippen LogP contribution in [-0.4, -0.2) is 32.2 Å². The van der Waals surface area contributed by atoms with Crippen LogP contribution in [0.3, 0.4) is 0 Å². The summed E-state index contributed by atoms with van der Waals surface area (Å²) in [4.78, 5) is 14.8. The lowest BCUT2D eigenvalue weighted by Gasteiger charge is -2.33. The quantitative estimate of drug-likeness (QED) is 0.910. The molecule has 1 fully saturated rings. The average molecular weight is 338 g/mol. The fourth-order valence-corrected chi connectivity index (χ4v) is 3.42. The topological polar surface area (TPSA) is 41.6 Å². The smallest absolute Gasteiger partial charge is 0.255 e. The summed E-state index contributed by atoms with van der Waals surface area (Å²) in [5.74, 6) is -0.0744. The fourth-order valence-electron chi connectivity index (χ4n) is 3.42. The number of hydrogen-bond acceptors (Lipinski definition) is 3. The molecular weight excluding hydrogens is 312 g/mol. The Morgan fingerprint density at radius 1 is 1.04 bits per heavy atom. The first-order valence-electron chi connectivity index (χ1n) is 8.82. The third kappa shape index (κ3) is 4.40. The van der Waals surface area contributed by atoms with Gasteiger partial charge < -0.3 is 15.0 Å². The molecule has 2 aromatic carbocycles. The van der Waals surface area contributed by atoms with Crippen molar-refractivity contribution in [1.29, 1.82) is 0 Å². The van der Waals surface area contributed by atoms with Crippen LogP contribution >= 0.6 is 0 Å². The van der Waals surface area contributed by atoms with E-state index in [1.165, 1.54) is 0 Å². The van der Waals surface area contributed by atoms with E-state index in [4.69, 9.17) is 4.74 Å². The molecule has 0 aliphatic carbocycles. The van der Waals surface area contributed by atoms with Crippen LogP contribution in [0, 0.1) is 13.8 Å². The zero-order valence-corrected chi connectivity index (χ0v) is 15.2. The summed E-state index contributed by atoms with van der Waals surface area (Å²) in [5, 5.41) is 2.98. The number of ether oxygens (including phenoxy) is 1. The molecule has 25 heavy (non-hydrogen) atoms. The Kier molecular flexibility index (Phi) is 5.39. The van der Waals surface area contributed by atoms with E-state index < -0.39 is 0 Å². The van der Waals surface area contributed by atoms with Crippen LogP contribution in [0.25, 0.3) is 0 Å². The highest BCUT2D eigenvalue weighted by Gasteiger charge is 2.19. The molecule has 3 rings (SSSR count). The van der Waals surface area contributed by atoms with Crippen molar-refractivity contribution in [2.24, 2.45) is 0 Å². The Morgan fingerprint density at radius 2 is 1.64 bits per heavy atom. The summed E-state index contributed by atoms with van der Waals surface area (Å²) in [6.07, 6.45) is 2.47. The van der Waals surface area contributed by atoms with Gasteiger partial charge in [-0.25, -0.2) is 0 Å². The van der Waals surface area contributed by atoms with E-state index in [-0.39, 0.29) is 5.91 Å². The van der Waals surface area contributed by atoms with Gasteiger partial charge in [0.15, 0.2) is 0 Å². The van der Waals surface area contributed by atoms with Crippen molar-refractivity contribution in [1.82, 2.24) is 0 Å². The normalized spacial score (nSPS) is 15.2. The Hall–Kier alpha value is -2.33. The van der Waals surface area contributed by atoms with E-state index >= 15 is 0 Å². The number of hydrogen-bond donors (Lipinski definition) is 1. The first kappa shape index (κ1) is 17.5. The number of nitrogens with zero attached hydrogens (tertiary/aromatic N) is 1. The second-order valence-electron chi connectivity index (χ2n) is 6.80. The lowest BCUT2D eigenvalue weighted by atomic mass is 10.1. The van der Waals surface area contributed by atoms with Gasteiger partial charge in [-0.1, -0.05) is 6.07 Å². The van der Waals surface area contributed by atoms with Crippen molar-refractivity contribution in [3.63, 3.8) is 0 Å². The van der Waals surface area contributed by atoms with Gasteiger partial charge in [-0.05, 0) is 74.2 Å². The number of methoxy groups -OCH3 is 1. The van der Waals surface area contributed by atoms with Crippen molar-refractivity contribution >= 4 is 17.3 Å². The van der Waals surface area contributed by atoms with Crippen LogP contribution in [0.5, 0.6) is 0 Å². The summed E-state index contributed by atoms with van der Waals surface area (Å²) in [5.41, 5.74) is 4.97. The second kappa shape index (κ2) is 7.70. The molecule has 1 aliphatic rings. The Morgan fingerprint density at radius 3 is 2.20 bits per heavy atom. The summed E-state index contributed by atoms with van der Waals surface area (Å²) in [6, 6.07) is 13.9. The first-order chi connectivity index (χ1) is 12.0. The minimum absolute atomic E-state index is 0.0744. The number of nitrogens with one attached hydrogen (secondary N) is 1. The predicted molar refractivity (Wildman–Crippen MR) is 103 cm³/mol. The van der Waals surface area contributed by atoms with E-state index in [9.17, 15) is 4.79 Å². The minimum Gasteiger partial charge on any atom is -0.381 e. The van der Waals surface area contributed by atoms with E-state index in [0.29, 0.717) is 11.7 Å². The number of carbonyl (C=O) groups is 1. The molecule has 4 nitrogen and oxygen atoms in total. The molecule has 1 amide bonds. The molecule has 0 aromatic heterocycles. The van der Waals surface area contributed by atoms with E-state index in [2.05, 4.69) is 16.3 Å². The van der Waals surface area contributed by atoms with Gasteiger partial charge >= 0.3 is 0 Å². The van der Waals surface area contributed by atoms with Crippen molar-refractivity contribution in [2.75, 3.05) is 30.4 Å². The SMILES string of the molecule is COC1CCN(c2ccc(C(=O)Nc3cc(C)cc(C)c3)cc2)CC1. The molecule has 0 unspecified atom stereocenters. The Balaban J connectivity index is 1.64. The molecule has 132 valence electrons. The molecule has 0 saturated carbocycles. The number of piperidine rings is 1. The largest absolute Gasteiger partial charge is 0.381 e. The molecule has 2 aromatic rings. The number of amides is 1. The van der Waals surface area contributed by atoms with Crippen molar-refractivity contribution < 1.29 is 9.53 Å². The fraction of sp³-hybridized carbons (Fsp3) is 0.381. The van der Waals surface area contributed by atoms with Crippen LogP contribution in [0.4, 0.5) is 11.4 Å². The summed E-state index contributed by atoms with van der Waals surface area (Å²) < 4.78 is 5.42. The maximum absolute atomic E-state index is 12.5. The zero-order valence-electron chi connectivity index (χ0n) is 15.2. The van der Waals surface area contributed by atoms with Crippen LogP contribution in [0.1, 0.15) is 34.3 Å². The lowest BCUT2D eigenvalue weighted by molar-refractivity contribution is 0.0819. The van der Waals surface area contributed by atoms with Gasteiger partial charge in [0.1, 0.15) is 0 Å². The molecule has 0 bridgehead atoms. The zero-order chi connectivity index (χ0) is 17.8. The summed E-state index contributed by atoms with van der Waals surface area (Å²) in [7, 11) is 1.78. The predicted octanol–water partition coefficient (Wildman–Crippen LogP) is 4.17. The van der Waals surface area contributed by atoms with E-state index in [1.807, 2.05) is 50.2 Å². The molecule has 1 N–H and O–H groups in total. The average Bonchev–Trinajstić information content (AvgIpc) is 2.61. The van der Waals surface area contributed by atoms with Crippen molar-refractivity contribution in [3.8, 4) is 0 Å². The van der Waals surface area contributed by atoms with Gasteiger partial charge in [-0.3, -0.25) is 4.79 Å². The lowest BCUT2D eigenvalue weighted by Crippen LogP contribution is -2.36. The number of anilines is 2. The van der Waals surface area contributed by atoms with Crippen LogP contribution in [-0.2, 0) is 4.74 Å². The highest BCUT2D eigenvalue weighted by Crippen LogP contribution is 2.22. The number of rotatable bonds is 4. The van der Waals surface area contributed by atoms with Crippen LogP contribution < -0.4 is 10.2 Å². The molecule has 1 saturated heterocycles. The van der Waals surface area contributed by atoms with E-state index in [0.717, 1.165) is 48.4 Å². The molecule has 0 spiro atoms. The molecular formula is C21H26N2O2. The molecule has 4 heteroatoms. The number of benzene rings is 2. The van der Waals surface area contributed by atoms with Gasteiger partial charge in [0.05, 0.1) is 6.10 Å². The number of carbonyl (C=O) groups excluding carboxylic acids is 1. The van der Waals surface area contributed by atoms with Crippen LogP contribution in [0.15, 0.2) is 42.5 Å². The maximum Gasteiger partial charge on any atom is 0.255 e. The molecule has 0 atom stereocenters. The summed E-state index contributed by atoms with van der Waals surface area (Å²) in [6.45, 7) is 6.05.